The quantitative estimate of drug-likeness (QED) is 0.839. The van der Waals surface area contributed by atoms with Crippen molar-refractivity contribution in [2.45, 2.75) is 84.6 Å². The average Bonchev–Trinajstić information content (AvgIpc) is 2.90. The van der Waals surface area contributed by atoms with Crippen LogP contribution in [0.3, 0.4) is 0 Å². The minimum Gasteiger partial charge on any atom is -0.372 e. The summed E-state index contributed by atoms with van der Waals surface area (Å²) in [5, 5.41) is 6.77. The van der Waals surface area contributed by atoms with Crippen molar-refractivity contribution in [2.75, 3.05) is 0 Å². The molecule has 0 spiro atoms. The van der Waals surface area contributed by atoms with Crippen LogP contribution in [0, 0.1) is 5.92 Å². The first-order chi connectivity index (χ1) is 9.98. The van der Waals surface area contributed by atoms with E-state index in [1.807, 2.05) is 0 Å². The van der Waals surface area contributed by atoms with E-state index in [0.717, 1.165) is 23.2 Å². The maximum atomic E-state index is 6.16. The van der Waals surface area contributed by atoms with Gasteiger partial charge in [0.2, 0.25) is 0 Å². The van der Waals surface area contributed by atoms with Crippen LogP contribution in [0.1, 0.15) is 70.5 Å². The summed E-state index contributed by atoms with van der Waals surface area (Å²) in [5.74, 6) is 0.749. The Kier molecular flexibility index (Phi) is 6.20. The van der Waals surface area contributed by atoms with Crippen molar-refractivity contribution in [1.82, 2.24) is 10.3 Å². The van der Waals surface area contributed by atoms with Crippen molar-refractivity contribution in [3.05, 3.63) is 16.1 Å². The van der Waals surface area contributed by atoms with Crippen LogP contribution in [0.2, 0.25) is 0 Å². The molecular formula is C17H30N2OS. The van der Waals surface area contributed by atoms with E-state index in [0.29, 0.717) is 12.7 Å². The van der Waals surface area contributed by atoms with Gasteiger partial charge in [0.15, 0.2) is 0 Å². The Morgan fingerprint density at radius 3 is 2.81 bits per heavy atom. The second kappa shape index (κ2) is 7.70. The van der Waals surface area contributed by atoms with E-state index in [2.05, 4.69) is 43.4 Å². The second-order valence-electron chi connectivity index (χ2n) is 7.14. The number of nitrogens with one attached hydrogen (secondary N) is 1. The Labute approximate surface area is 133 Å². The molecule has 1 aliphatic rings. The highest BCUT2D eigenvalue weighted by Crippen LogP contribution is 2.29. The predicted molar refractivity (Wildman–Crippen MR) is 89.5 cm³/mol. The van der Waals surface area contributed by atoms with E-state index in [-0.39, 0.29) is 5.54 Å². The summed E-state index contributed by atoms with van der Waals surface area (Å²) in [6, 6.07) is 0. The normalized spacial score (nSPS) is 23.4. The van der Waals surface area contributed by atoms with Crippen molar-refractivity contribution < 1.29 is 4.74 Å². The molecule has 1 heterocycles. The lowest BCUT2D eigenvalue weighted by Crippen LogP contribution is -2.35. The van der Waals surface area contributed by atoms with Crippen LogP contribution in [-0.4, -0.2) is 16.6 Å². The summed E-state index contributed by atoms with van der Waals surface area (Å²) in [6.07, 6.45) is 6.93. The molecular weight excluding hydrogens is 280 g/mol. The molecule has 1 fully saturated rings. The third kappa shape index (κ3) is 5.68. The van der Waals surface area contributed by atoms with Gasteiger partial charge in [-0.25, -0.2) is 4.98 Å². The van der Waals surface area contributed by atoms with Crippen LogP contribution in [0.15, 0.2) is 5.38 Å². The number of thiazole rings is 1. The Hall–Kier alpha value is -0.450. The summed E-state index contributed by atoms with van der Waals surface area (Å²) < 4.78 is 6.16. The Morgan fingerprint density at radius 2 is 2.10 bits per heavy atom. The zero-order chi connectivity index (χ0) is 15.3. The third-order valence-corrected chi connectivity index (χ3v) is 5.08. The molecule has 0 bridgehead atoms. The molecule has 0 aliphatic heterocycles. The average molecular weight is 311 g/mol. The van der Waals surface area contributed by atoms with Crippen molar-refractivity contribution in [1.29, 1.82) is 0 Å². The van der Waals surface area contributed by atoms with Crippen LogP contribution in [0.5, 0.6) is 0 Å². The zero-order valence-corrected chi connectivity index (χ0v) is 14.8. The van der Waals surface area contributed by atoms with E-state index >= 15 is 0 Å². The smallest absolute Gasteiger partial charge is 0.107 e. The first kappa shape index (κ1) is 16.9. The van der Waals surface area contributed by atoms with Gasteiger partial charge in [-0.15, -0.1) is 11.3 Å². The number of rotatable bonds is 6. The van der Waals surface area contributed by atoms with E-state index in [1.54, 1.807) is 11.3 Å². The zero-order valence-electron chi connectivity index (χ0n) is 13.9. The molecule has 1 saturated carbocycles. The highest BCUT2D eigenvalue weighted by molar-refractivity contribution is 7.09. The summed E-state index contributed by atoms with van der Waals surface area (Å²) in [6.45, 7) is 10.3. The van der Waals surface area contributed by atoms with Crippen molar-refractivity contribution in [3.63, 3.8) is 0 Å². The minimum atomic E-state index is 0.138. The molecule has 4 heteroatoms. The topological polar surface area (TPSA) is 34.1 Å². The summed E-state index contributed by atoms with van der Waals surface area (Å²) >= 11 is 1.73. The molecule has 0 aromatic carbocycles. The van der Waals surface area contributed by atoms with E-state index < -0.39 is 0 Å². The summed E-state index contributed by atoms with van der Waals surface area (Å²) in [7, 11) is 0. The van der Waals surface area contributed by atoms with E-state index in [4.69, 9.17) is 4.74 Å². The van der Waals surface area contributed by atoms with Crippen molar-refractivity contribution >= 4 is 11.3 Å². The molecule has 21 heavy (non-hydrogen) atoms. The second-order valence-corrected chi connectivity index (χ2v) is 8.08. The minimum absolute atomic E-state index is 0.138. The van der Waals surface area contributed by atoms with Crippen molar-refractivity contribution in [2.24, 2.45) is 5.92 Å². The van der Waals surface area contributed by atoms with Gasteiger partial charge >= 0.3 is 0 Å². The molecule has 1 aromatic rings. The fraction of sp³-hybridized carbons (Fsp3) is 0.824. The van der Waals surface area contributed by atoms with Gasteiger partial charge in [-0.2, -0.15) is 0 Å². The van der Waals surface area contributed by atoms with E-state index in [9.17, 15) is 0 Å². The molecule has 1 N–H and O–H groups in total. The van der Waals surface area contributed by atoms with Gasteiger partial charge in [0.05, 0.1) is 18.4 Å². The Bertz CT molecular complexity index is 425. The molecule has 0 saturated heterocycles. The lowest BCUT2D eigenvalue weighted by atomic mass is 9.85. The standard InChI is InChI=1S/C17H30N2OS/c1-5-13-8-6-7-9-15(13)20-11-14-12-21-16(19-14)10-18-17(2,3)4/h12-13,15,18H,5-11H2,1-4H3. The summed E-state index contributed by atoms with van der Waals surface area (Å²) in [5.41, 5.74) is 1.23. The van der Waals surface area contributed by atoms with Gasteiger partial charge < -0.3 is 10.1 Å². The van der Waals surface area contributed by atoms with Gasteiger partial charge in [-0.05, 0) is 39.5 Å². The van der Waals surface area contributed by atoms with Crippen LogP contribution in [-0.2, 0) is 17.9 Å². The molecule has 2 rings (SSSR count). The fourth-order valence-corrected chi connectivity index (χ4v) is 3.61. The number of hydrogen-bond acceptors (Lipinski definition) is 4. The van der Waals surface area contributed by atoms with Crippen LogP contribution in [0.25, 0.3) is 0 Å². The Balaban J connectivity index is 1.79. The summed E-state index contributed by atoms with van der Waals surface area (Å²) in [4.78, 5) is 4.68. The number of aromatic nitrogens is 1. The van der Waals surface area contributed by atoms with Crippen molar-refractivity contribution in [3.8, 4) is 0 Å². The Morgan fingerprint density at radius 1 is 1.33 bits per heavy atom. The van der Waals surface area contributed by atoms with Gasteiger partial charge in [0, 0.05) is 17.5 Å². The first-order valence-electron chi connectivity index (χ1n) is 8.28. The molecule has 3 nitrogen and oxygen atoms in total. The van der Waals surface area contributed by atoms with Crippen LogP contribution in [0.4, 0.5) is 0 Å². The molecule has 120 valence electrons. The van der Waals surface area contributed by atoms with E-state index in [1.165, 1.54) is 32.1 Å². The largest absolute Gasteiger partial charge is 0.372 e. The number of hydrogen-bond donors (Lipinski definition) is 1. The maximum absolute atomic E-state index is 6.16. The first-order valence-corrected chi connectivity index (χ1v) is 9.16. The molecule has 1 aromatic heterocycles. The molecule has 0 amide bonds. The molecule has 0 radical (unpaired) electrons. The van der Waals surface area contributed by atoms with Gasteiger partial charge in [-0.3, -0.25) is 0 Å². The van der Waals surface area contributed by atoms with Crippen LogP contribution >= 0.6 is 11.3 Å². The third-order valence-electron chi connectivity index (χ3n) is 4.18. The maximum Gasteiger partial charge on any atom is 0.107 e. The lowest BCUT2D eigenvalue weighted by molar-refractivity contribution is -0.0233. The van der Waals surface area contributed by atoms with Gasteiger partial charge in [0.25, 0.3) is 0 Å². The molecule has 2 atom stereocenters. The highest BCUT2D eigenvalue weighted by Gasteiger charge is 2.24. The lowest BCUT2D eigenvalue weighted by Gasteiger charge is -2.30. The fourth-order valence-electron chi connectivity index (χ4n) is 2.89. The number of nitrogens with zero attached hydrogens (tertiary/aromatic N) is 1. The monoisotopic (exact) mass is 310 g/mol. The molecule has 1 aliphatic carbocycles. The SMILES string of the molecule is CCC1CCCCC1OCc1csc(CNC(C)(C)C)n1. The highest BCUT2D eigenvalue weighted by atomic mass is 32.1. The molecule has 2 unspecified atom stereocenters. The predicted octanol–water partition coefficient (Wildman–Crippen LogP) is 4.52. The van der Waals surface area contributed by atoms with Crippen LogP contribution < -0.4 is 5.32 Å². The van der Waals surface area contributed by atoms with Gasteiger partial charge in [-0.1, -0.05) is 26.2 Å². The van der Waals surface area contributed by atoms with Gasteiger partial charge in [0.1, 0.15) is 5.01 Å². The number of ether oxygens (including phenoxy) is 1.